The summed E-state index contributed by atoms with van der Waals surface area (Å²) in [5, 5.41) is 20.4. The van der Waals surface area contributed by atoms with Crippen LogP contribution in [0.1, 0.15) is 37.3 Å². The molecule has 3 rings (SSSR count). The highest BCUT2D eigenvalue weighted by Gasteiger charge is 2.23. The highest BCUT2D eigenvalue weighted by Crippen LogP contribution is 2.35. The highest BCUT2D eigenvalue weighted by atomic mass is 32.2. The SMILES string of the molecule is N#Cc1cc(F)c(Sc2nnnn2C2CCCC2)c(F)c1. The summed E-state index contributed by atoms with van der Waals surface area (Å²) < 4.78 is 29.5. The molecule has 1 aliphatic rings. The second-order valence-corrected chi connectivity index (χ2v) is 5.80. The van der Waals surface area contributed by atoms with E-state index in [9.17, 15) is 8.78 Å². The molecule has 2 aromatic rings. The minimum atomic E-state index is -0.780. The van der Waals surface area contributed by atoms with Gasteiger partial charge in [0.1, 0.15) is 11.6 Å². The second kappa shape index (κ2) is 5.77. The lowest BCUT2D eigenvalue weighted by Gasteiger charge is -2.11. The third-order valence-corrected chi connectivity index (χ3v) is 4.50. The van der Waals surface area contributed by atoms with Gasteiger partial charge in [0.25, 0.3) is 0 Å². The summed E-state index contributed by atoms with van der Waals surface area (Å²) in [4.78, 5) is -0.192. The molecule has 1 heterocycles. The smallest absolute Gasteiger partial charge is 0.214 e. The minimum absolute atomic E-state index is 0.0512. The maximum absolute atomic E-state index is 13.9. The zero-order valence-corrected chi connectivity index (χ0v) is 11.8. The first-order valence-corrected chi connectivity index (χ1v) is 7.35. The van der Waals surface area contributed by atoms with Gasteiger partial charge in [0.05, 0.1) is 22.6 Å². The van der Waals surface area contributed by atoms with E-state index in [0.717, 1.165) is 49.6 Å². The molecule has 108 valence electrons. The standard InChI is InChI=1S/C13H11F2N5S/c14-10-5-8(7-16)6-11(15)12(10)21-13-17-18-19-20(13)9-3-1-2-4-9/h5-6,9H,1-4H2. The van der Waals surface area contributed by atoms with E-state index in [0.29, 0.717) is 5.16 Å². The number of halogens is 2. The lowest BCUT2D eigenvalue weighted by molar-refractivity contribution is 0.422. The fraction of sp³-hybridized carbons (Fsp3) is 0.385. The van der Waals surface area contributed by atoms with Crippen molar-refractivity contribution in [2.24, 2.45) is 0 Å². The Labute approximate surface area is 124 Å². The number of hydrogen-bond acceptors (Lipinski definition) is 5. The number of tetrazole rings is 1. The molecule has 0 saturated heterocycles. The van der Waals surface area contributed by atoms with E-state index >= 15 is 0 Å². The van der Waals surface area contributed by atoms with Crippen LogP contribution in [0.2, 0.25) is 0 Å². The molecular weight excluding hydrogens is 296 g/mol. The van der Waals surface area contributed by atoms with Gasteiger partial charge in [0.2, 0.25) is 5.16 Å². The largest absolute Gasteiger partial charge is 0.217 e. The molecule has 1 saturated carbocycles. The predicted molar refractivity (Wildman–Crippen MR) is 70.5 cm³/mol. The Balaban J connectivity index is 1.91. The summed E-state index contributed by atoms with van der Waals surface area (Å²) in [7, 11) is 0. The summed E-state index contributed by atoms with van der Waals surface area (Å²) in [5.41, 5.74) is -0.0512. The number of aromatic nitrogens is 4. The first kappa shape index (κ1) is 13.9. The van der Waals surface area contributed by atoms with Gasteiger partial charge in [-0.2, -0.15) is 5.26 Å². The van der Waals surface area contributed by atoms with Gasteiger partial charge in [-0.05, 0) is 47.2 Å². The van der Waals surface area contributed by atoms with E-state index in [1.807, 2.05) is 0 Å². The first-order valence-electron chi connectivity index (χ1n) is 6.54. The van der Waals surface area contributed by atoms with Gasteiger partial charge in [-0.25, -0.2) is 13.5 Å². The first-order chi connectivity index (χ1) is 10.2. The summed E-state index contributed by atoms with van der Waals surface area (Å²) >= 11 is 0.848. The van der Waals surface area contributed by atoms with E-state index in [4.69, 9.17) is 5.26 Å². The molecule has 0 radical (unpaired) electrons. The van der Waals surface area contributed by atoms with Crippen LogP contribution < -0.4 is 0 Å². The molecule has 0 N–H and O–H groups in total. The number of nitriles is 1. The van der Waals surface area contributed by atoms with Crippen LogP contribution in [0.4, 0.5) is 8.78 Å². The normalized spacial score (nSPS) is 15.3. The van der Waals surface area contributed by atoms with Crippen LogP contribution in [0.25, 0.3) is 0 Å². The van der Waals surface area contributed by atoms with Crippen LogP contribution in [0.15, 0.2) is 22.2 Å². The number of nitrogens with zero attached hydrogens (tertiary/aromatic N) is 5. The molecule has 0 atom stereocenters. The topological polar surface area (TPSA) is 67.4 Å². The zero-order valence-electron chi connectivity index (χ0n) is 11.0. The van der Waals surface area contributed by atoms with E-state index in [-0.39, 0.29) is 16.5 Å². The number of rotatable bonds is 3. The molecule has 0 bridgehead atoms. The minimum Gasteiger partial charge on any atom is -0.217 e. The molecule has 21 heavy (non-hydrogen) atoms. The van der Waals surface area contributed by atoms with E-state index in [1.54, 1.807) is 10.8 Å². The Hall–Kier alpha value is -2.01. The van der Waals surface area contributed by atoms with Crippen molar-refractivity contribution in [2.75, 3.05) is 0 Å². The summed E-state index contributed by atoms with van der Waals surface area (Å²) in [5.74, 6) is -1.56. The molecule has 0 spiro atoms. The Bertz CT molecular complexity index is 680. The van der Waals surface area contributed by atoms with Crippen LogP contribution in [0.3, 0.4) is 0 Å². The van der Waals surface area contributed by atoms with E-state index in [1.165, 1.54) is 0 Å². The van der Waals surface area contributed by atoms with Gasteiger partial charge in [0, 0.05) is 0 Å². The van der Waals surface area contributed by atoms with Gasteiger partial charge in [-0.15, -0.1) is 5.10 Å². The van der Waals surface area contributed by atoms with Crippen LogP contribution in [0, 0.1) is 23.0 Å². The highest BCUT2D eigenvalue weighted by molar-refractivity contribution is 7.99. The van der Waals surface area contributed by atoms with Crippen molar-refractivity contribution in [3.8, 4) is 6.07 Å². The van der Waals surface area contributed by atoms with Crippen LogP contribution in [-0.2, 0) is 0 Å². The number of hydrogen-bond donors (Lipinski definition) is 0. The average Bonchev–Trinajstić information content (AvgIpc) is 3.12. The maximum Gasteiger partial charge on any atom is 0.214 e. The van der Waals surface area contributed by atoms with Gasteiger partial charge in [-0.3, -0.25) is 0 Å². The molecular formula is C13H11F2N5S. The summed E-state index contributed by atoms with van der Waals surface area (Å²) in [6, 6.07) is 3.92. The van der Waals surface area contributed by atoms with Crippen molar-refractivity contribution in [1.29, 1.82) is 5.26 Å². The zero-order chi connectivity index (χ0) is 14.8. The Morgan fingerprint density at radius 2 is 1.90 bits per heavy atom. The van der Waals surface area contributed by atoms with Crippen molar-refractivity contribution in [3.05, 3.63) is 29.3 Å². The third-order valence-electron chi connectivity index (χ3n) is 3.45. The predicted octanol–water partition coefficient (Wildman–Crippen LogP) is 3.09. The van der Waals surface area contributed by atoms with E-state index < -0.39 is 11.6 Å². The Morgan fingerprint density at radius 3 is 2.52 bits per heavy atom. The third kappa shape index (κ3) is 2.74. The maximum atomic E-state index is 13.9. The molecule has 1 aromatic carbocycles. The van der Waals surface area contributed by atoms with Crippen molar-refractivity contribution < 1.29 is 8.78 Å². The van der Waals surface area contributed by atoms with Crippen molar-refractivity contribution in [2.45, 2.75) is 41.8 Å². The van der Waals surface area contributed by atoms with E-state index in [2.05, 4.69) is 15.5 Å². The fourth-order valence-electron chi connectivity index (χ4n) is 2.44. The monoisotopic (exact) mass is 307 g/mol. The van der Waals surface area contributed by atoms with Gasteiger partial charge < -0.3 is 0 Å². The van der Waals surface area contributed by atoms with Crippen molar-refractivity contribution in [3.63, 3.8) is 0 Å². The fourth-order valence-corrected chi connectivity index (χ4v) is 3.30. The van der Waals surface area contributed by atoms with Gasteiger partial charge >= 0.3 is 0 Å². The second-order valence-electron chi connectivity index (χ2n) is 4.83. The van der Waals surface area contributed by atoms with Gasteiger partial charge in [0.15, 0.2) is 0 Å². The molecule has 1 aromatic heterocycles. The molecule has 1 fully saturated rings. The number of benzene rings is 1. The molecule has 5 nitrogen and oxygen atoms in total. The lowest BCUT2D eigenvalue weighted by Crippen LogP contribution is -2.08. The van der Waals surface area contributed by atoms with Crippen LogP contribution in [-0.4, -0.2) is 20.2 Å². The molecule has 0 amide bonds. The Kier molecular flexibility index (Phi) is 3.84. The van der Waals surface area contributed by atoms with Crippen LogP contribution in [0.5, 0.6) is 0 Å². The summed E-state index contributed by atoms with van der Waals surface area (Å²) in [6.45, 7) is 0. The molecule has 0 aliphatic heterocycles. The van der Waals surface area contributed by atoms with Crippen LogP contribution >= 0.6 is 11.8 Å². The summed E-state index contributed by atoms with van der Waals surface area (Å²) in [6.07, 6.45) is 4.15. The van der Waals surface area contributed by atoms with Gasteiger partial charge in [-0.1, -0.05) is 12.8 Å². The molecule has 8 heteroatoms. The molecule has 0 unspecified atom stereocenters. The Morgan fingerprint density at radius 1 is 1.24 bits per heavy atom. The molecule has 1 aliphatic carbocycles. The van der Waals surface area contributed by atoms with Crippen molar-refractivity contribution >= 4 is 11.8 Å². The quantitative estimate of drug-likeness (QED) is 0.871. The average molecular weight is 307 g/mol. The lowest BCUT2D eigenvalue weighted by atomic mass is 10.2. The van der Waals surface area contributed by atoms with Crippen molar-refractivity contribution in [1.82, 2.24) is 20.2 Å².